The normalized spacial score (nSPS) is 8.18. The molecule has 2 amide bonds. The molecule has 0 aromatic heterocycles. The fourth-order valence-electron chi connectivity index (χ4n) is 0.434. The van der Waals surface area contributed by atoms with Gasteiger partial charge < -0.3 is 22.1 Å². The number of halogens is 1. The topological polar surface area (TPSA) is 93.2 Å². The zero-order valence-corrected chi connectivity index (χ0v) is 7.12. The maximum absolute atomic E-state index is 10.6. The van der Waals surface area contributed by atoms with Gasteiger partial charge in [0.1, 0.15) is 0 Å². The highest BCUT2D eigenvalue weighted by atomic mass is 35.5. The lowest BCUT2D eigenvalue weighted by Gasteiger charge is -2.03. The van der Waals surface area contributed by atoms with E-state index in [2.05, 4.69) is 10.6 Å². The predicted molar refractivity (Wildman–Crippen MR) is 46.8 cm³/mol. The molecule has 0 atom stereocenters. The van der Waals surface area contributed by atoms with Gasteiger partial charge in [-0.15, -0.1) is 12.4 Å². The molecule has 0 aliphatic carbocycles. The van der Waals surface area contributed by atoms with Crippen LogP contribution in [0.4, 0.5) is 4.79 Å². The lowest BCUT2D eigenvalue weighted by atomic mass is 10.6. The van der Waals surface area contributed by atoms with E-state index >= 15 is 0 Å². The molecule has 11 heavy (non-hydrogen) atoms. The number of carbonyl (C=O) groups excluding carboxylic acids is 1. The van der Waals surface area contributed by atoms with Gasteiger partial charge in [-0.05, 0) is 0 Å². The van der Waals surface area contributed by atoms with Crippen LogP contribution in [0, 0.1) is 0 Å². The molecule has 68 valence electrons. The highest BCUT2D eigenvalue weighted by Crippen LogP contribution is 1.60. The maximum Gasteiger partial charge on any atom is 0.314 e. The van der Waals surface area contributed by atoms with Crippen LogP contribution in [0.15, 0.2) is 0 Å². The molecule has 6 N–H and O–H groups in total. The zero-order chi connectivity index (χ0) is 7.82. The number of hydrogen-bond donors (Lipinski definition) is 4. The summed E-state index contributed by atoms with van der Waals surface area (Å²) in [5.74, 6) is 0. The number of nitrogens with one attached hydrogen (secondary N) is 2. The average Bonchev–Trinajstić information content (AvgIpc) is 1.97. The summed E-state index contributed by atoms with van der Waals surface area (Å²) in [5.41, 5.74) is 10.3. The van der Waals surface area contributed by atoms with E-state index in [1.54, 1.807) is 0 Å². The summed E-state index contributed by atoms with van der Waals surface area (Å²) in [6, 6.07) is -0.212. The Labute approximate surface area is 72.3 Å². The summed E-state index contributed by atoms with van der Waals surface area (Å²) in [6.45, 7) is 1.90. The number of rotatable bonds is 4. The van der Waals surface area contributed by atoms with Gasteiger partial charge in [0.2, 0.25) is 0 Å². The molecule has 0 bridgehead atoms. The first kappa shape index (κ1) is 13.1. The van der Waals surface area contributed by atoms with Gasteiger partial charge in [0, 0.05) is 26.2 Å². The van der Waals surface area contributed by atoms with Gasteiger partial charge in [0.15, 0.2) is 0 Å². The molecule has 0 rings (SSSR count). The van der Waals surface area contributed by atoms with Gasteiger partial charge in [-0.1, -0.05) is 0 Å². The molecule has 0 aromatic carbocycles. The minimum absolute atomic E-state index is 0. The van der Waals surface area contributed by atoms with Crippen LogP contribution in [0.1, 0.15) is 0 Å². The minimum atomic E-state index is -0.212. The predicted octanol–water partition coefficient (Wildman–Crippen LogP) is -1.38. The highest BCUT2D eigenvalue weighted by molar-refractivity contribution is 5.85. The second-order valence-electron chi connectivity index (χ2n) is 1.76. The summed E-state index contributed by atoms with van der Waals surface area (Å²) < 4.78 is 0. The molecule has 0 spiro atoms. The number of urea groups is 1. The van der Waals surface area contributed by atoms with Crippen molar-refractivity contribution in [3.63, 3.8) is 0 Å². The molecule has 0 saturated carbocycles. The maximum atomic E-state index is 10.6. The first-order valence-corrected chi connectivity index (χ1v) is 3.23. The molecule has 6 heteroatoms. The largest absolute Gasteiger partial charge is 0.337 e. The van der Waals surface area contributed by atoms with E-state index in [0.717, 1.165) is 0 Å². The van der Waals surface area contributed by atoms with Crippen molar-refractivity contribution in [2.75, 3.05) is 26.2 Å². The third-order valence-electron chi connectivity index (χ3n) is 0.860. The molecular formula is C5H15ClN4O. The van der Waals surface area contributed by atoms with Gasteiger partial charge in [-0.25, -0.2) is 4.79 Å². The quantitative estimate of drug-likeness (QED) is 0.432. The number of carbonyl (C=O) groups is 1. The third-order valence-corrected chi connectivity index (χ3v) is 0.860. The Morgan fingerprint density at radius 2 is 1.45 bits per heavy atom. The van der Waals surface area contributed by atoms with Crippen molar-refractivity contribution < 1.29 is 4.79 Å². The van der Waals surface area contributed by atoms with Gasteiger partial charge in [-0.3, -0.25) is 0 Å². The lowest BCUT2D eigenvalue weighted by Crippen LogP contribution is -2.40. The second kappa shape index (κ2) is 9.48. The first-order valence-electron chi connectivity index (χ1n) is 3.23. The van der Waals surface area contributed by atoms with Crippen molar-refractivity contribution in [3.8, 4) is 0 Å². The van der Waals surface area contributed by atoms with Crippen LogP contribution in [0.5, 0.6) is 0 Å². The molecular weight excluding hydrogens is 168 g/mol. The number of nitrogens with two attached hydrogens (primary N) is 2. The van der Waals surface area contributed by atoms with Crippen LogP contribution in [-0.4, -0.2) is 32.2 Å². The number of hydrogen-bond acceptors (Lipinski definition) is 3. The summed E-state index contributed by atoms with van der Waals surface area (Å²) >= 11 is 0. The van der Waals surface area contributed by atoms with Crippen molar-refractivity contribution >= 4 is 18.4 Å². The molecule has 0 saturated heterocycles. The first-order chi connectivity index (χ1) is 4.81. The minimum Gasteiger partial charge on any atom is -0.337 e. The Morgan fingerprint density at radius 1 is 1.09 bits per heavy atom. The van der Waals surface area contributed by atoms with Crippen molar-refractivity contribution in [2.24, 2.45) is 11.5 Å². The van der Waals surface area contributed by atoms with Crippen LogP contribution in [0.25, 0.3) is 0 Å². The second-order valence-corrected chi connectivity index (χ2v) is 1.76. The molecule has 0 unspecified atom stereocenters. The summed E-state index contributed by atoms with van der Waals surface area (Å²) in [7, 11) is 0. The molecule has 0 fully saturated rings. The molecule has 0 aliphatic heterocycles. The van der Waals surface area contributed by atoms with Crippen LogP contribution in [-0.2, 0) is 0 Å². The molecule has 0 radical (unpaired) electrons. The lowest BCUT2D eigenvalue weighted by molar-refractivity contribution is 0.241. The van der Waals surface area contributed by atoms with Gasteiger partial charge in [-0.2, -0.15) is 0 Å². The SMILES string of the molecule is Cl.NCCNC(=O)NCCN. The molecule has 0 aromatic rings. The summed E-state index contributed by atoms with van der Waals surface area (Å²) in [6.07, 6.45) is 0. The van der Waals surface area contributed by atoms with Crippen molar-refractivity contribution in [1.29, 1.82) is 0 Å². The Hall–Kier alpha value is -0.520. The van der Waals surface area contributed by atoms with Crippen LogP contribution in [0.2, 0.25) is 0 Å². The van der Waals surface area contributed by atoms with Gasteiger partial charge >= 0.3 is 6.03 Å². The van der Waals surface area contributed by atoms with Crippen molar-refractivity contribution in [3.05, 3.63) is 0 Å². The van der Waals surface area contributed by atoms with E-state index in [1.165, 1.54) is 0 Å². The molecule has 0 heterocycles. The Kier molecular flexibility index (Phi) is 11.3. The van der Waals surface area contributed by atoms with Crippen LogP contribution in [0.3, 0.4) is 0 Å². The molecule has 0 aliphatic rings. The Morgan fingerprint density at radius 3 is 1.73 bits per heavy atom. The van der Waals surface area contributed by atoms with Gasteiger partial charge in [0.05, 0.1) is 0 Å². The van der Waals surface area contributed by atoms with E-state index < -0.39 is 0 Å². The standard InChI is InChI=1S/C5H14N4O.ClH/c6-1-3-8-5(10)9-4-2-7;/h1-4,6-7H2,(H2,8,9,10);1H. The smallest absolute Gasteiger partial charge is 0.314 e. The van der Waals surface area contributed by atoms with E-state index in [-0.39, 0.29) is 18.4 Å². The fourth-order valence-corrected chi connectivity index (χ4v) is 0.434. The van der Waals surface area contributed by atoms with E-state index in [1.807, 2.05) is 0 Å². The van der Waals surface area contributed by atoms with Crippen LogP contribution < -0.4 is 22.1 Å². The fraction of sp³-hybridized carbons (Fsp3) is 0.800. The third kappa shape index (κ3) is 9.48. The molecule has 5 nitrogen and oxygen atoms in total. The Bertz CT molecular complexity index is 90.5. The van der Waals surface area contributed by atoms with E-state index in [9.17, 15) is 4.79 Å². The Balaban J connectivity index is 0. The monoisotopic (exact) mass is 182 g/mol. The van der Waals surface area contributed by atoms with E-state index in [4.69, 9.17) is 11.5 Å². The average molecular weight is 183 g/mol. The summed E-state index contributed by atoms with van der Waals surface area (Å²) in [4.78, 5) is 10.6. The van der Waals surface area contributed by atoms with E-state index in [0.29, 0.717) is 26.2 Å². The zero-order valence-electron chi connectivity index (χ0n) is 6.30. The number of amides is 2. The highest BCUT2D eigenvalue weighted by Gasteiger charge is 1.93. The van der Waals surface area contributed by atoms with Crippen molar-refractivity contribution in [1.82, 2.24) is 10.6 Å². The van der Waals surface area contributed by atoms with Gasteiger partial charge in [0.25, 0.3) is 0 Å². The van der Waals surface area contributed by atoms with Crippen LogP contribution >= 0.6 is 12.4 Å². The summed E-state index contributed by atoms with van der Waals surface area (Å²) in [5, 5.41) is 5.07. The van der Waals surface area contributed by atoms with Crippen molar-refractivity contribution in [2.45, 2.75) is 0 Å².